The standard InChI is InChI=1S/C32H25BrN2O4/c1-3-6-25-16-21(10-14-29(25)39-19-22-9-11-23-7-4-5-8-24(23)17-22)18-27-30(36)34-32(38)35(31(27)37)26-12-13-28(33)20(2)15-26/h3-5,7-18H,1,6,19H2,2H3,(H,34,36,38)/b27-18+. The number of barbiturate groups is 1. The fraction of sp³-hybridized carbons (Fsp3) is 0.0938. The van der Waals surface area contributed by atoms with Crippen molar-refractivity contribution in [3.05, 3.63) is 124 Å². The zero-order valence-corrected chi connectivity index (χ0v) is 22.8. The van der Waals surface area contributed by atoms with E-state index in [4.69, 9.17) is 4.74 Å². The number of nitrogens with one attached hydrogen (secondary N) is 1. The number of ether oxygens (including phenoxy) is 1. The van der Waals surface area contributed by atoms with Crippen LogP contribution in [0.4, 0.5) is 10.5 Å². The van der Waals surface area contributed by atoms with Gasteiger partial charge in [0.2, 0.25) is 0 Å². The average molecular weight is 581 g/mol. The summed E-state index contributed by atoms with van der Waals surface area (Å²) in [6.07, 6.45) is 3.79. The van der Waals surface area contributed by atoms with Gasteiger partial charge in [0.1, 0.15) is 17.9 Å². The number of hydrogen-bond acceptors (Lipinski definition) is 4. The number of rotatable bonds is 7. The lowest BCUT2D eigenvalue weighted by atomic mass is 10.0. The Morgan fingerprint density at radius 2 is 1.74 bits per heavy atom. The molecule has 4 aromatic carbocycles. The molecule has 1 fully saturated rings. The summed E-state index contributed by atoms with van der Waals surface area (Å²) in [5.74, 6) is -0.740. The minimum atomic E-state index is -0.784. The zero-order chi connectivity index (χ0) is 27.5. The van der Waals surface area contributed by atoms with Crippen molar-refractivity contribution in [1.29, 1.82) is 0 Å². The number of urea groups is 1. The number of nitrogens with zero attached hydrogens (tertiary/aromatic N) is 1. The first-order valence-corrected chi connectivity index (χ1v) is 13.2. The Hall–Kier alpha value is -4.49. The molecule has 0 atom stereocenters. The number of anilines is 1. The molecule has 0 unspecified atom stereocenters. The molecule has 1 N–H and O–H groups in total. The summed E-state index contributed by atoms with van der Waals surface area (Å²) in [4.78, 5) is 39.5. The quantitative estimate of drug-likeness (QED) is 0.147. The molecule has 4 aromatic rings. The number of amides is 4. The van der Waals surface area contributed by atoms with Gasteiger partial charge in [-0.05, 0) is 88.8 Å². The number of hydrogen-bond donors (Lipinski definition) is 1. The largest absolute Gasteiger partial charge is 0.489 e. The molecule has 0 aromatic heterocycles. The van der Waals surface area contributed by atoms with Gasteiger partial charge in [-0.2, -0.15) is 0 Å². The van der Waals surface area contributed by atoms with Crippen molar-refractivity contribution in [2.45, 2.75) is 20.0 Å². The van der Waals surface area contributed by atoms with Gasteiger partial charge in [0.15, 0.2) is 0 Å². The maximum atomic E-state index is 13.3. The molecule has 5 rings (SSSR count). The number of benzene rings is 4. The smallest absolute Gasteiger partial charge is 0.335 e. The van der Waals surface area contributed by atoms with Gasteiger partial charge in [-0.3, -0.25) is 14.9 Å². The molecule has 0 spiro atoms. The van der Waals surface area contributed by atoms with E-state index in [2.05, 4.69) is 52.1 Å². The fourth-order valence-corrected chi connectivity index (χ4v) is 4.71. The fourth-order valence-electron chi connectivity index (χ4n) is 4.46. The first-order valence-electron chi connectivity index (χ1n) is 12.4. The first kappa shape index (κ1) is 26.1. The number of carbonyl (C=O) groups is 3. The molecule has 1 saturated heterocycles. The van der Waals surface area contributed by atoms with E-state index in [-0.39, 0.29) is 5.57 Å². The van der Waals surface area contributed by atoms with Crippen LogP contribution >= 0.6 is 15.9 Å². The van der Waals surface area contributed by atoms with Gasteiger partial charge in [0.05, 0.1) is 5.69 Å². The van der Waals surface area contributed by atoms with Crippen molar-refractivity contribution in [1.82, 2.24) is 5.32 Å². The number of carbonyl (C=O) groups excluding carboxylic acids is 3. The summed E-state index contributed by atoms with van der Waals surface area (Å²) in [6.45, 7) is 6.09. The van der Waals surface area contributed by atoms with Gasteiger partial charge < -0.3 is 4.74 Å². The van der Waals surface area contributed by atoms with Crippen LogP contribution < -0.4 is 15.0 Å². The Labute approximate surface area is 234 Å². The summed E-state index contributed by atoms with van der Waals surface area (Å²) in [6, 6.07) is 24.2. The van der Waals surface area contributed by atoms with Crippen LogP contribution in [-0.2, 0) is 22.6 Å². The van der Waals surface area contributed by atoms with Crippen LogP contribution in [-0.4, -0.2) is 17.8 Å². The number of aryl methyl sites for hydroxylation is 1. The monoisotopic (exact) mass is 580 g/mol. The van der Waals surface area contributed by atoms with E-state index < -0.39 is 17.8 Å². The molecule has 0 saturated carbocycles. The van der Waals surface area contributed by atoms with Crippen molar-refractivity contribution < 1.29 is 19.1 Å². The average Bonchev–Trinajstić information content (AvgIpc) is 2.92. The van der Waals surface area contributed by atoms with E-state index in [0.29, 0.717) is 30.0 Å². The SMILES string of the molecule is C=CCc1cc(/C=C2\C(=O)NC(=O)N(c3ccc(Br)c(C)c3)C2=O)ccc1OCc1ccc2ccccc2c1. The maximum absolute atomic E-state index is 13.3. The highest BCUT2D eigenvalue weighted by Gasteiger charge is 2.37. The predicted molar refractivity (Wildman–Crippen MR) is 157 cm³/mol. The van der Waals surface area contributed by atoms with E-state index in [1.54, 1.807) is 30.3 Å². The molecule has 194 valence electrons. The van der Waals surface area contributed by atoms with E-state index in [1.807, 2.05) is 37.3 Å². The molecule has 1 aliphatic heterocycles. The second-order valence-corrected chi connectivity index (χ2v) is 10.1. The van der Waals surface area contributed by atoms with Crippen LogP contribution in [0.25, 0.3) is 16.8 Å². The summed E-state index contributed by atoms with van der Waals surface area (Å²) < 4.78 is 7.00. The second-order valence-electron chi connectivity index (χ2n) is 9.22. The van der Waals surface area contributed by atoms with Crippen molar-refractivity contribution in [3.8, 4) is 5.75 Å². The van der Waals surface area contributed by atoms with Crippen LogP contribution in [0.3, 0.4) is 0 Å². The maximum Gasteiger partial charge on any atom is 0.335 e. The van der Waals surface area contributed by atoms with Crippen LogP contribution in [0.2, 0.25) is 0 Å². The Balaban J connectivity index is 1.41. The molecule has 7 heteroatoms. The summed E-state index contributed by atoms with van der Waals surface area (Å²) in [5.41, 5.74) is 3.63. The lowest BCUT2D eigenvalue weighted by Crippen LogP contribution is -2.54. The van der Waals surface area contributed by atoms with Gasteiger partial charge in [0, 0.05) is 4.47 Å². The van der Waals surface area contributed by atoms with E-state index >= 15 is 0 Å². The molecule has 1 aliphatic rings. The van der Waals surface area contributed by atoms with E-state index in [1.165, 1.54) is 11.5 Å². The van der Waals surface area contributed by atoms with Crippen LogP contribution in [0.5, 0.6) is 5.75 Å². The minimum absolute atomic E-state index is 0.135. The molecule has 0 aliphatic carbocycles. The van der Waals surface area contributed by atoms with Crippen molar-refractivity contribution in [2.75, 3.05) is 4.90 Å². The highest BCUT2D eigenvalue weighted by atomic mass is 79.9. The Morgan fingerprint density at radius 3 is 2.51 bits per heavy atom. The van der Waals surface area contributed by atoms with Crippen LogP contribution in [0, 0.1) is 6.92 Å². The zero-order valence-electron chi connectivity index (χ0n) is 21.2. The summed E-state index contributed by atoms with van der Waals surface area (Å²) >= 11 is 3.42. The first-order chi connectivity index (χ1) is 18.8. The molecule has 39 heavy (non-hydrogen) atoms. The van der Waals surface area contributed by atoms with Gasteiger partial charge in [-0.1, -0.05) is 64.5 Å². The second kappa shape index (κ2) is 11.1. The Morgan fingerprint density at radius 1 is 0.949 bits per heavy atom. The highest BCUT2D eigenvalue weighted by Crippen LogP contribution is 2.28. The number of halogens is 1. The lowest BCUT2D eigenvalue weighted by Gasteiger charge is -2.26. The summed E-state index contributed by atoms with van der Waals surface area (Å²) in [7, 11) is 0. The third-order valence-corrected chi connectivity index (χ3v) is 7.36. The lowest BCUT2D eigenvalue weighted by molar-refractivity contribution is -0.122. The number of imide groups is 2. The molecule has 4 amide bonds. The van der Waals surface area contributed by atoms with Crippen LogP contribution in [0.1, 0.15) is 22.3 Å². The molecular weight excluding hydrogens is 556 g/mol. The molecular formula is C32H25BrN2O4. The van der Waals surface area contributed by atoms with Crippen molar-refractivity contribution in [2.24, 2.45) is 0 Å². The van der Waals surface area contributed by atoms with Crippen LogP contribution in [0.15, 0.2) is 102 Å². The minimum Gasteiger partial charge on any atom is -0.489 e. The number of fused-ring (bicyclic) bond motifs is 1. The highest BCUT2D eigenvalue weighted by molar-refractivity contribution is 9.10. The van der Waals surface area contributed by atoms with Crippen molar-refractivity contribution in [3.63, 3.8) is 0 Å². The van der Waals surface area contributed by atoms with Gasteiger partial charge in [-0.15, -0.1) is 6.58 Å². The molecule has 0 bridgehead atoms. The Bertz CT molecular complexity index is 1670. The third kappa shape index (κ3) is 5.54. The molecule has 1 heterocycles. The van der Waals surface area contributed by atoms with Gasteiger partial charge >= 0.3 is 6.03 Å². The summed E-state index contributed by atoms with van der Waals surface area (Å²) in [5, 5.41) is 4.59. The third-order valence-electron chi connectivity index (χ3n) is 6.47. The van der Waals surface area contributed by atoms with Crippen molar-refractivity contribution >= 4 is 56.3 Å². The van der Waals surface area contributed by atoms with E-state index in [9.17, 15) is 14.4 Å². The van der Waals surface area contributed by atoms with Gasteiger partial charge in [-0.25, -0.2) is 9.69 Å². The number of allylic oxidation sites excluding steroid dienone is 1. The molecule has 0 radical (unpaired) electrons. The topological polar surface area (TPSA) is 75.7 Å². The predicted octanol–water partition coefficient (Wildman–Crippen LogP) is 6.88. The van der Waals surface area contributed by atoms with E-state index in [0.717, 1.165) is 31.4 Å². The normalized spacial score (nSPS) is 14.6. The Kier molecular flexibility index (Phi) is 7.43. The van der Waals surface area contributed by atoms with Gasteiger partial charge in [0.25, 0.3) is 11.8 Å². The molecule has 6 nitrogen and oxygen atoms in total.